The third-order valence-electron chi connectivity index (χ3n) is 13.7. The van der Waals surface area contributed by atoms with Crippen molar-refractivity contribution in [2.75, 3.05) is 13.2 Å². The van der Waals surface area contributed by atoms with Crippen molar-refractivity contribution in [2.24, 2.45) is 0 Å². The summed E-state index contributed by atoms with van der Waals surface area (Å²) in [4.78, 5) is 38.3. The Morgan fingerprint density at radius 2 is 0.493 bits per heavy atom. The van der Waals surface area contributed by atoms with Crippen molar-refractivity contribution in [1.29, 1.82) is 0 Å². The van der Waals surface area contributed by atoms with Crippen LogP contribution in [0.3, 0.4) is 0 Å². The predicted octanol–water partition coefficient (Wildman–Crippen LogP) is 21.3. The molecular formula is C67H118O6. The number of hydrogen-bond acceptors (Lipinski definition) is 6. The molecule has 0 fully saturated rings. The number of allylic oxidation sites excluding steroid dienone is 12. The fourth-order valence-corrected chi connectivity index (χ4v) is 8.89. The number of carbonyl (C=O) groups is 3. The summed E-state index contributed by atoms with van der Waals surface area (Å²) >= 11 is 0. The molecule has 0 rings (SSSR count). The molecule has 422 valence electrons. The van der Waals surface area contributed by atoms with E-state index in [-0.39, 0.29) is 31.1 Å². The van der Waals surface area contributed by atoms with Crippen molar-refractivity contribution in [2.45, 2.75) is 322 Å². The van der Waals surface area contributed by atoms with Gasteiger partial charge in [0.15, 0.2) is 6.10 Å². The minimum absolute atomic E-state index is 0.0807. The van der Waals surface area contributed by atoms with Gasteiger partial charge in [-0.15, -0.1) is 0 Å². The zero-order valence-corrected chi connectivity index (χ0v) is 48.4. The Hall–Kier alpha value is -3.15. The fourth-order valence-electron chi connectivity index (χ4n) is 8.89. The first-order valence-corrected chi connectivity index (χ1v) is 31.4. The van der Waals surface area contributed by atoms with Crippen LogP contribution in [0.5, 0.6) is 0 Å². The van der Waals surface area contributed by atoms with Crippen molar-refractivity contribution in [1.82, 2.24) is 0 Å². The summed E-state index contributed by atoms with van der Waals surface area (Å²) in [5, 5.41) is 0. The normalized spacial score (nSPS) is 12.5. The Morgan fingerprint density at radius 3 is 0.753 bits per heavy atom. The second-order valence-electron chi connectivity index (χ2n) is 21.0. The van der Waals surface area contributed by atoms with Gasteiger partial charge in [-0.3, -0.25) is 14.4 Å². The summed E-state index contributed by atoms with van der Waals surface area (Å²) in [6.45, 7) is 6.59. The lowest BCUT2D eigenvalue weighted by Gasteiger charge is -2.18. The van der Waals surface area contributed by atoms with Gasteiger partial charge in [0.05, 0.1) is 0 Å². The minimum Gasteiger partial charge on any atom is -0.462 e. The molecule has 0 amide bonds. The minimum atomic E-state index is -0.784. The monoisotopic (exact) mass is 1020 g/mol. The highest BCUT2D eigenvalue weighted by molar-refractivity contribution is 5.71. The molecule has 0 saturated heterocycles. The van der Waals surface area contributed by atoms with Crippen LogP contribution >= 0.6 is 0 Å². The molecule has 0 aromatic carbocycles. The Labute approximate surface area is 453 Å². The standard InChI is InChI=1S/C67H118O6/c1-4-7-10-13-16-19-22-25-28-31-33-36-39-42-45-48-51-54-57-60-66(69)72-63-64(62-71-65(68)59-56-53-50-47-44-41-38-35-30-27-24-21-18-15-12-9-6-3)73-67(70)61-58-55-52-49-46-43-40-37-34-32-29-26-23-20-17-14-11-8-5-2/h16-21,25-30,64H,4-15,22-24,31-63H2,1-3H3/b19-16-,20-17-,21-18-,28-25-,29-26-,30-27-. The van der Waals surface area contributed by atoms with Gasteiger partial charge in [-0.05, 0) is 116 Å². The molecule has 0 aliphatic carbocycles. The van der Waals surface area contributed by atoms with Crippen molar-refractivity contribution < 1.29 is 28.6 Å². The maximum absolute atomic E-state index is 12.9. The summed E-state index contributed by atoms with van der Waals surface area (Å²) in [6, 6.07) is 0. The Morgan fingerprint density at radius 1 is 0.274 bits per heavy atom. The quantitative estimate of drug-likeness (QED) is 0.0261. The van der Waals surface area contributed by atoms with Gasteiger partial charge in [0, 0.05) is 19.3 Å². The number of hydrogen-bond donors (Lipinski definition) is 0. The van der Waals surface area contributed by atoms with E-state index in [1.165, 1.54) is 193 Å². The van der Waals surface area contributed by atoms with Crippen LogP contribution in [-0.2, 0) is 28.6 Å². The Kier molecular flexibility index (Phi) is 58.7. The number of ether oxygens (including phenoxy) is 3. The van der Waals surface area contributed by atoms with E-state index < -0.39 is 6.10 Å². The summed E-state index contributed by atoms with van der Waals surface area (Å²) in [7, 11) is 0. The molecule has 0 heterocycles. The van der Waals surface area contributed by atoms with E-state index in [2.05, 4.69) is 93.7 Å². The molecular weight excluding hydrogens is 901 g/mol. The maximum Gasteiger partial charge on any atom is 0.306 e. The second kappa shape index (κ2) is 61.4. The largest absolute Gasteiger partial charge is 0.462 e. The lowest BCUT2D eigenvalue weighted by molar-refractivity contribution is -0.167. The summed E-state index contributed by atoms with van der Waals surface area (Å²) in [5.41, 5.74) is 0. The molecule has 6 nitrogen and oxygen atoms in total. The molecule has 6 heteroatoms. The molecule has 0 aromatic rings. The number of unbranched alkanes of at least 4 members (excludes halogenated alkanes) is 34. The zero-order valence-electron chi connectivity index (χ0n) is 48.4. The van der Waals surface area contributed by atoms with Crippen LogP contribution in [0.1, 0.15) is 316 Å². The highest BCUT2D eigenvalue weighted by Crippen LogP contribution is 2.16. The van der Waals surface area contributed by atoms with Gasteiger partial charge in [-0.2, -0.15) is 0 Å². The molecule has 0 aliphatic heterocycles. The van der Waals surface area contributed by atoms with E-state index in [0.717, 1.165) is 83.5 Å². The third kappa shape index (κ3) is 59.6. The maximum atomic E-state index is 12.9. The van der Waals surface area contributed by atoms with Gasteiger partial charge >= 0.3 is 17.9 Å². The molecule has 0 bridgehead atoms. The van der Waals surface area contributed by atoms with E-state index >= 15 is 0 Å². The van der Waals surface area contributed by atoms with E-state index in [9.17, 15) is 14.4 Å². The van der Waals surface area contributed by atoms with E-state index in [0.29, 0.717) is 19.3 Å². The van der Waals surface area contributed by atoms with Gasteiger partial charge in [0.1, 0.15) is 13.2 Å². The van der Waals surface area contributed by atoms with Crippen LogP contribution in [0.2, 0.25) is 0 Å². The number of carbonyl (C=O) groups excluding carboxylic acids is 3. The fraction of sp³-hybridized carbons (Fsp3) is 0.776. The Balaban J connectivity index is 4.39. The van der Waals surface area contributed by atoms with Gasteiger partial charge in [0.25, 0.3) is 0 Å². The first-order valence-electron chi connectivity index (χ1n) is 31.4. The zero-order chi connectivity index (χ0) is 52.9. The van der Waals surface area contributed by atoms with Crippen molar-refractivity contribution in [3.63, 3.8) is 0 Å². The molecule has 1 atom stereocenters. The Bertz CT molecular complexity index is 1360. The van der Waals surface area contributed by atoms with E-state index in [1.54, 1.807) is 0 Å². The first-order chi connectivity index (χ1) is 36.0. The number of rotatable bonds is 57. The molecule has 0 aliphatic rings. The van der Waals surface area contributed by atoms with Gasteiger partial charge in [0.2, 0.25) is 0 Å². The summed E-state index contributed by atoms with van der Waals surface area (Å²) in [6.07, 6.45) is 78.9. The van der Waals surface area contributed by atoms with Gasteiger partial charge in [-0.25, -0.2) is 0 Å². The predicted molar refractivity (Wildman–Crippen MR) is 316 cm³/mol. The van der Waals surface area contributed by atoms with Crippen LogP contribution in [0.25, 0.3) is 0 Å². The van der Waals surface area contributed by atoms with Crippen LogP contribution < -0.4 is 0 Å². The SMILES string of the molecule is CCCCC/C=C\C/C=C\CCCCCCCCCCCC(=O)OCC(COC(=O)CCCCCCCCC/C=C\C/C=C\CCCCC)OC(=O)CCCCCCCCCCC/C=C\C/C=C\CCCCC. The van der Waals surface area contributed by atoms with Gasteiger partial charge < -0.3 is 14.2 Å². The number of esters is 3. The van der Waals surface area contributed by atoms with Crippen LogP contribution in [0.4, 0.5) is 0 Å². The van der Waals surface area contributed by atoms with E-state index in [4.69, 9.17) is 14.2 Å². The lowest BCUT2D eigenvalue weighted by Crippen LogP contribution is -2.30. The molecule has 0 N–H and O–H groups in total. The molecule has 0 saturated carbocycles. The smallest absolute Gasteiger partial charge is 0.306 e. The molecule has 0 spiro atoms. The first kappa shape index (κ1) is 69.8. The lowest BCUT2D eigenvalue weighted by atomic mass is 10.1. The topological polar surface area (TPSA) is 78.9 Å². The highest BCUT2D eigenvalue weighted by Gasteiger charge is 2.19. The van der Waals surface area contributed by atoms with Crippen LogP contribution in [0.15, 0.2) is 72.9 Å². The van der Waals surface area contributed by atoms with Crippen molar-refractivity contribution >= 4 is 17.9 Å². The average molecular weight is 1020 g/mol. The van der Waals surface area contributed by atoms with Crippen LogP contribution in [0, 0.1) is 0 Å². The molecule has 73 heavy (non-hydrogen) atoms. The van der Waals surface area contributed by atoms with Crippen LogP contribution in [-0.4, -0.2) is 37.2 Å². The summed E-state index contributed by atoms with van der Waals surface area (Å²) < 4.78 is 16.9. The van der Waals surface area contributed by atoms with E-state index in [1.807, 2.05) is 0 Å². The second-order valence-corrected chi connectivity index (χ2v) is 21.0. The van der Waals surface area contributed by atoms with Crippen molar-refractivity contribution in [3.8, 4) is 0 Å². The van der Waals surface area contributed by atoms with Crippen molar-refractivity contribution in [3.05, 3.63) is 72.9 Å². The van der Waals surface area contributed by atoms with Gasteiger partial charge in [-0.1, -0.05) is 254 Å². The highest BCUT2D eigenvalue weighted by atomic mass is 16.6. The molecule has 1 unspecified atom stereocenters. The average Bonchev–Trinajstić information content (AvgIpc) is 3.39. The molecule has 0 aromatic heterocycles. The summed E-state index contributed by atoms with van der Waals surface area (Å²) in [5.74, 6) is -0.883. The molecule has 0 radical (unpaired) electrons. The third-order valence-corrected chi connectivity index (χ3v) is 13.7.